The van der Waals surface area contributed by atoms with Gasteiger partial charge in [-0.25, -0.2) is 9.97 Å². The minimum absolute atomic E-state index is 0.318. The molecule has 0 unspecified atom stereocenters. The molecule has 162 valence electrons. The molecule has 0 aliphatic heterocycles. The van der Waals surface area contributed by atoms with Crippen LogP contribution in [-0.2, 0) is 0 Å². The van der Waals surface area contributed by atoms with Crippen LogP contribution in [0.3, 0.4) is 0 Å². The lowest BCUT2D eigenvalue weighted by Crippen LogP contribution is -2.26. The molecular formula is C21H21N9S2. The summed E-state index contributed by atoms with van der Waals surface area (Å²) in [5, 5.41) is 15.3. The van der Waals surface area contributed by atoms with Gasteiger partial charge in [-0.1, -0.05) is 12.1 Å². The minimum Gasteiger partial charge on any atom is -0.316 e. The molecule has 0 bridgehead atoms. The smallest absolute Gasteiger partial charge is 0.192 e. The Morgan fingerprint density at radius 3 is 1.75 bits per heavy atom. The van der Waals surface area contributed by atoms with E-state index in [-0.39, 0.29) is 0 Å². The van der Waals surface area contributed by atoms with E-state index < -0.39 is 0 Å². The molecular weight excluding hydrogens is 442 g/mol. The van der Waals surface area contributed by atoms with E-state index in [1.165, 1.54) is 0 Å². The topological polar surface area (TPSA) is 112 Å². The number of rotatable bonds is 6. The lowest BCUT2D eigenvalue weighted by atomic mass is 10.1. The standard InChI is InChI=1S/C21H21N9S2/c1-14(27-29-20(31)25-17-9-3-5-11-22-17)16-8-7-13-24-19(16)15(2)28-30-21(32)26-18-10-4-6-12-23-18/h3-13H,1-2H3,(H2,22,25,29,31)(H2,23,26,30,32). The Kier molecular flexibility index (Phi) is 8.23. The highest BCUT2D eigenvalue weighted by molar-refractivity contribution is 7.80. The lowest BCUT2D eigenvalue weighted by Gasteiger charge is -2.11. The van der Waals surface area contributed by atoms with Gasteiger partial charge in [-0.2, -0.15) is 10.2 Å². The molecule has 0 spiro atoms. The summed E-state index contributed by atoms with van der Waals surface area (Å²) in [6, 6.07) is 14.7. The third-order valence-corrected chi connectivity index (χ3v) is 4.39. The van der Waals surface area contributed by atoms with Crippen LogP contribution in [0.15, 0.2) is 77.3 Å². The van der Waals surface area contributed by atoms with Crippen LogP contribution < -0.4 is 21.5 Å². The van der Waals surface area contributed by atoms with Crippen molar-refractivity contribution in [3.05, 3.63) is 78.4 Å². The van der Waals surface area contributed by atoms with Crippen molar-refractivity contribution in [1.82, 2.24) is 25.8 Å². The summed E-state index contributed by atoms with van der Waals surface area (Å²) in [5.74, 6) is 1.25. The van der Waals surface area contributed by atoms with Gasteiger partial charge in [-0.05, 0) is 74.7 Å². The summed E-state index contributed by atoms with van der Waals surface area (Å²) >= 11 is 10.5. The second kappa shape index (κ2) is 11.5. The number of aromatic nitrogens is 3. The number of hydrogen-bond donors (Lipinski definition) is 4. The second-order valence-electron chi connectivity index (χ2n) is 6.36. The van der Waals surface area contributed by atoms with E-state index in [1.807, 2.05) is 56.3 Å². The van der Waals surface area contributed by atoms with Gasteiger partial charge in [-0.15, -0.1) is 0 Å². The second-order valence-corrected chi connectivity index (χ2v) is 7.17. The van der Waals surface area contributed by atoms with E-state index >= 15 is 0 Å². The fourth-order valence-corrected chi connectivity index (χ4v) is 2.83. The summed E-state index contributed by atoms with van der Waals surface area (Å²) in [7, 11) is 0. The molecule has 32 heavy (non-hydrogen) atoms. The van der Waals surface area contributed by atoms with Crippen molar-refractivity contribution in [2.45, 2.75) is 13.8 Å². The Hall–Kier alpha value is -3.83. The predicted octanol–water partition coefficient (Wildman–Crippen LogP) is 3.29. The third kappa shape index (κ3) is 6.86. The third-order valence-electron chi connectivity index (χ3n) is 4.00. The fourth-order valence-electron chi connectivity index (χ4n) is 2.53. The predicted molar refractivity (Wildman–Crippen MR) is 136 cm³/mol. The highest BCUT2D eigenvalue weighted by Crippen LogP contribution is 2.09. The molecule has 0 radical (unpaired) electrons. The summed E-state index contributed by atoms with van der Waals surface area (Å²) in [6.07, 6.45) is 5.04. The number of hydrogen-bond acceptors (Lipinski definition) is 7. The summed E-state index contributed by atoms with van der Waals surface area (Å²) in [4.78, 5) is 12.8. The molecule has 0 aliphatic carbocycles. The average Bonchev–Trinajstić information content (AvgIpc) is 2.82. The van der Waals surface area contributed by atoms with Gasteiger partial charge in [0, 0.05) is 24.2 Å². The molecule has 3 rings (SSSR count). The van der Waals surface area contributed by atoms with E-state index in [4.69, 9.17) is 24.4 Å². The summed E-state index contributed by atoms with van der Waals surface area (Å²) in [6.45, 7) is 3.68. The summed E-state index contributed by atoms with van der Waals surface area (Å²) < 4.78 is 0. The first-order chi connectivity index (χ1) is 15.5. The van der Waals surface area contributed by atoms with Gasteiger partial charge in [0.25, 0.3) is 0 Å². The number of nitrogens with zero attached hydrogens (tertiary/aromatic N) is 5. The first kappa shape index (κ1) is 22.8. The van der Waals surface area contributed by atoms with Crippen LogP contribution in [-0.4, -0.2) is 36.6 Å². The molecule has 0 saturated carbocycles. The maximum atomic E-state index is 5.27. The van der Waals surface area contributed by atoms with Crippen LogP contribution in [0.2, 0.25) is 0 Å². The van der Waals surface area contributed by atoms with Crippen molar-refractivity contribution in [3.63, 3.8) is 0 Å². The Balaban J connectivity index is 1.65. The summed E-state index contributed by atoms with van der Waals surface area (Å²) in [5.41, 5.74) is 8.40. The maximum absolute atomic E-state index is 5.27. The van der Waals surface area contributed by atoms with Crippen molar-refractivity contribution in [1.29, 1.82) is 0 Å². The Morgan fingerprint density at radius 2 is 1.22 bits per heavy atom. The highest BCUT2D eigenvalue weighted by Gasteiger charge is 2.10. The van der Waals surface area contributed by atoms with Crippen molar-refractivity contribution >= 4 is 57.7 Å². The number of thiocarbonyl (C=S) groups is 2. The normalized spacial score (nSPS) is 11.4. The number of nitrogens with one attached hydrogen (secondary N) is 4. The zero-order valence-corrected chi connectivity index (χ0v) is 19.0. The van der Waals surface area contributed by atoms with Gasteiger partial charge in [0.05, 0.1) is 17.1 Å². The molecule has 3 heterocycles. The zero-order chi connectivity index (χ0) is 22.8. The van der Waals surface area contributed by atoms with Crippen LogP contribution in [0.4, 0.5) is 11.6 Å². The molecule has 4 N–H and O–H groups in total. The van der Waals surface area contributed by atoms with Crippen LogP contribution in [0.5, 0.6) is 0 Å². The van der Waals surface area contributed by atoms with Crippen LogP contribution in [0.25, 0.3) is 0 Å². The van der Waals surface area contributed by atoms with Crippen LogP contribution in [0, 0.1) is 0 Å². The largest absolute Gasteiger partial charge is 0.316 e. The van der Waals surface area contributed by atoms with Gasteiger partial charge < -0.3 is 10.6 Å². The van der Waals surface area contributed by atoms with Crippen molar-refractivity contribution in [3.8, 4) is 0 Å². The highest BCUT2D eigenvalue weighted by atomic mass is 32.1. The number of anilines is 2. The monoisotopic (exact) mass is 463 g/mol. The molecule has 11 heteroatoms. The quantitative estimate of drug-likeness (QED) is 0.248. The molecule has 3 aromatic heterocycles. The number of hydrazone groups is 2. The van der Waals surface area contributed by atoms with Gasteiger partial charge in [0.2, 0.25) is 0 Å². The minimum atomic E-state index is 0.318. The average molecular weight is 464 g/mol. The van der Waals surface area contributed by atoms with Crippen LogP contribution >= 0.6 is 24.4 Å². The van der Waals surface area contributed by atoms with Gasteiger partial charge in [0.1, 0.15) is 11.6 Å². The first-order valence-electron chi connectivity index (χ1n) is 9.53. The van der Waals surface area contributed by atoms with E-state index in [0.29, 0.717) is 39.0 Å². The zero-order valence-electron chi connectivity index (χ0n) is 17.4. The molecule has 3 aromatic rings. The maximum Gasteiger partial charge on any atom is 0.192 e. The molecule has 0 aromatic carbocycles. The van der Waals surface area contributed by atoms with E-state index in [1.54, 1.807) is 24.7 Å². The molecule has 9 nitrogen and oxygen atoms in total. The van der Waals surface area contributed by atoms with Crippen molar-refractivity contribution in [2.75, 3.05) is 10.6 Å². The SMILES string of the molecule is CC(=NNC(=S)Nc1ccccn1)c1cccnc1C(C)=NNC(=S)Nc1ccccn1. The van der Waals surface area contributed by atoms with E-state index in [0.717, 1.165) is 5.56 Å². The first-order valence-corrected chi connectivity index (χ1v) is 10.3. The fraction of sp³-hybridized carbons (Fsp3) is 0.0952. The van der Waals surface area contributed by atoms with Crippen molar-refractivity contribution < 1.29 is 0 Å². The Labute approximate surface area is 196 Å². The van der Waals surface area contributed by atoms with E-state index in [9.17, 15) is 0 Å². The Morgan fingerprint density at radius 1 is 0.688 bits per heavy atom. The molecule has 0 amide bonds. The molecule has 0 atom stereocenters. The van der Waals surface area contributed by atoms with Gasteiger partial charge >= 0.3 is 0 Å². The van der Waals surface area contributed by atoms with Crippen molar-refractivity contribution in [2.24, 2.45) is 10.2 Å². The van der Waals surface area contributed by atoms with Gasteiger partial charge in [0.15, 0.2) is 10.2 Å². The lowest BCUT2D eigenvalue weighted by molar-refractivity contribution is 1.02. The molecule has 0 saturated heterocycles. The number of pyridine rings is 3. The molecule has 0 aliphatic rings. The molecule has 0 fully saturated rings. The Bertz CT molecular complexity index is 1040. The van der Waals surface area contributed by atoms with Crippen LogP contribution in [0.1, 0.15) is 25.1 Å². The van der Waals surface area contributed by atoms with Gasteiger partial charge in [-0.3, -0.25) is 15.8 Å². The van der Waals surface area contributed by atoms with E-state index in [2.05, 4.69) is 46.6 Å².